The highest BCUT2D eigenvalue weighted by molar-refractivity contribution is 5.90. The number of hydrogen-bond acceptors (Lipinski definition) is 4. The number of anilines is 1. The average Bonchev–Trinajstić information content (AvgIpc) is 3.05. The van der Waals surface area contributed by atoms with Gasteiger partial charge in [0.05, 0.1) is 18.4 Å². The number of carbonyl (C=O) groups is 2. The van der Waals surface area contributed by atoms with Crippen molar-refractivity contribution in [2.45, 2.75) is 12.6 Å². The summed E-state index contributed by atoms with van der Waals surface area (Å²) in [5, 5.41) is 11.5. The molecule has 2 rings (SSSR count). The Labute approximate surface area is 154 Å². The van der Waals surface area contributed by atoms with E-state index in [9.17, 15) is 22.8 Å². The van der Waals surface area contributed by atoms with Gasteiger partial charge in [0, 0.05) is 45.0 Å². The summed E-state index contributed by atoms with van der Waals surface area (Å²) in [6, 6.07) is 5.62. The normalized spacial score (nSPS) is 19.8. The monoisotopic (exact) mass is 390 g/mol. The summed E-state index contributed by atoms with van der Waals surface area (Å²) in [7, 11) is 1.58. The van der Waals surface area contributed by atoms with Gasteiger partial charge in [-0.05, 0) is 12.1 Å². The van der Waals surface area contributed by atoms with Gasteiger partial charge < -0.3 is 24.8 Å². The lowest BCUT2D eigenvalue weighted by atomic mass is 9.96. The standard InChI is InChI=1S/C17H21F3N2O5/c1-26-6-3-7-27-12-5-2-4-11(8-12)21-16(25)22-9-13(15(23)24)14(10-22)17(18,19)20/h2,4-5,8,13-14H,3,6-7,9-10H2,1H3,(H,21,25)(H,23,24)/t13-,14-/m1/s1. The molecule has 0 aromatic heterocycles. The molecular formula is C17H21F3N2O5. The number of halogens is 3. The Balaban J connectivity index is 1.98. The lowest BCUT2D eigenvalue weighted by Gasteiger charge is -2.19. The molecule has 1 fully saturated rings. The maximum absolute atomic E-state index is 13.0. The maximum atomic E-state index is 13.0. The Hall–Kier alpha value is -2.49. The molecule has 0 saturated carbocycles. The number of urea groups is 1. The van der Waals surface area contributed by atoms with Gasteiger partial charge in [-0.2, -0.15) is 13.2 Å². The first-order valence-electron chi connectivity index (χ1n) is 8.29. The quantitative estimate of drug-likeness (QED) is 0.699. The summed E-state index contributed by atoms with van der Waals surface area (Å²) >= 11 is 0. The van der Waals surface area contributed by atoms with E-state index in [4.69, 9.17) is 14.6 Å². The van der Waals surface area contributed by atoms with Crippen LogP contribution in [0.15, 0.2) is 24.3 Å². The molecule has 0 bridgehead atoms. The van der Waals surface area contributed by atoms with Crippen molar-refractivity contribution in [1.82, 2.24) is 4.90 Å². The number of nitrogens with zero attached hydrogens (tertiary/aromatic N) is 1. The van der Waals surface area contributed by atoms with Crippen LogP contribution in [-0.4, -0.2) is 61.6 Å². The maximum Gasteiger partial charge on any atom is 0.394 e. The van der Waals surface area contributed by atoms with E-state index < -0.39 is 43.1 Å². The zero-order valence-corrected chi connectivity index (χ0v) is 14.7. The molecule has 0 aliphatic carbocycles. The smallest absolute Gasteiger partial charge is 0.394 e. The number of carboxylic acids is 1. The van der Waals surface area contributed by atoms with Crippen LogP contribution in [0, 0.1) is 11.8 Å². The molecule has 1 aromatic rings. The highest BCUT2D eigenvalue weighted by Crippen LogP contribution is 2.37. The minimum absolute atomic E-state index is 0.339. The van der Waals surface area contributed by atoms with Gasteiger partial charge in [0.25, 0.3) is 0 Å². The van der Waals surface area contributed by atoms with Gasteiger partial charge in [-0.3, -0.25) is 4.79 Å². The van der Waals surface area contributed by atoms with E-state index in [-0.39, 0.29) is 0 Å². The van der Waals surface area contributed by atoms with E-state index in [2.05, 4.69) is 5.32 Å². The number of carboxylic acid groups (broad SMARTS) is 1. The zero-order chi connectivity index (χ0) is 20.0. The van der Waals surface area contributed by atoms with Crippen molar-refractivity contribution in [3.63, 3.8) is 0 Å². The topological polar surface area (TPSA) is 88.1 Å². The number of benzene rings is 1. The molecule has 1 aliphatic heterocycles. The predicted molar refractivity (Wildman–Crippen MR) is 89.7 cm³/mol. The van der Waals surface area contributed by atoms with Crippen LogP contribution in [0.5, 0.6) is 5.75 Å². The number of hydrogen-bond donors (Lipinski definition) is 2. The first-order chi connectivity index (χ1) is 12.7. The summed E-state index contributed by atoms with van der Waals surface area (Å²) < 4.78 is 49.4. The number of likely N-dealkylation sites (tertiary alicyclic amines) is 1. The zero-order valence-electron chi connectivity index (χ0n) is 14.7. The number of rotatable bonds is 7. The highest BCUT2D eigenvalue weighted by Gasteiger charge is 2.53. The van der Waals surface area contributed by atoms with Gasteiger partial charge in [-0.15, -0.1) is 0 Å². The SMILES string of the molecule is COCCCOc1cccc(NC(=O)N2C[C@@H](C(F)(F)F)[C@H](C(=O)O)C2)c1. The first-order valence-corrected chi connectivity index (χ1v) is 8.29. The van der Waals surface area contributed by atoms with Crippen molar-refractivity contribution in [2.24, 2.45) is 11.8 Å². The number of methoxy groups -OCH3 is 1. The molecule has 7 nitrogen and oxygen atoms in total. The van der Waals surface area contributed by atoms with Gasteiger partial charge in [-0.25, -0.2) is 4.79 Å². The molecule has 2 N–H and O–H groups in total. The molecule has 2 atom stereocenters. The summed E-state index contributed by atoms with van der Waals surface area (Å²) in [5.41, 5.74) is 0.339. The minimum Gasteiger partial charge on any atom is -0.493 e. The van der Waals surface area contributed by atoms with Crippen LogP contribution in [0.2, 0.25) is 0 Å². The third kappa shape index (κ3) is 5.75. The van der Waals surface area contributed by atoms with Gasteiger partial charge in [0.15, 0.2) is 0 Å². The van der Waals surface area contributed by atoms with Gasteiger partial charge in [0.1, 0.15) is 5.75 Å². The molecule has 27 heavy (non-hydrogen) atoms. The van der Waals surface area contributed by atoms with Crippen molar-refractivity contribution in [3.05, 3.63) is 24.3 Å². The van der Waals surface area contributed by atoms with Crippen LogP contribution in [0.3, 0.4) is 0 Å². The summed E-state index contributed by atoms with van der Waals surface area (Å²) in [4.78, 5) is 24.2. The van der Waals surface area contributed by atoms with E-state index in [1.165, 1.54) is 6.07 Å². The molecule has 0 radical (unpaired) electrons. The summed E-state index contributed by atoms with van der Waals surface area (Å²) in [6.07, 6.45) is -4.01. The van der Waals surface area contributed by atoms with E-state index in [0.29, 0.717) is 31.1 Å². The fourth-order valence-corrected chi connectivity index (χ4v) is 2.81. The molecular weight excluding hydrogens is 369 g/mol. The van der Waals surface area contributed by atoms with Crippen LogP contribution in [0.25, 0.3) is 0 Å². The second-order valence-corrected chi connectivity index (χ2v) is 6.15. The Morgan fingerprint density at radius 1 is 1.30 bits per heavy atom. The number of aliphatic carboxylic acids is 1. The third-order valence-electron chi connectivity index (χ3n) is 4.19. The van der Waals surface area contributed by atoms with Crippen molar-refractivity contribution in [2.75, 3.05) is 38.7 Å². The van der Waals surface area contributed by atoms with Gasteiger partial charge in [0.2, 0.25) is 0 Å². The minimum atomic E-state index is -4.69. The molecule has 0 spiro atoms. The van der Waals surface area contributed by atoms with Crippen LogP contribution >= 0.6 is 0 Å². The van der Waals surface area contributed by atoms with Gasteiger partial charge in [-0.1, -0.05) is 6.07 Å². The summed E-state index contributed by atoms with van der Waals surface area (Å²) in [5.74, 6) is -4.84. The van der Waals surface area contributed by atoms with Crippen molar-refractivity contribution < 1.29 is 37.3 Å². The van der Waals surface area contributed by atoms with Crippen LogP contribution in [0.1, 0.15) is 6.42 Å². The lowest BCUT2D eigenvalue weighted by molar-refractivity contribution is -0.187. The number of amides is 2. The van der Waals surface area contributed by atoms with E-state index in [0.717, 1.165) is 4.90 Å². The fourth-order valence-electron chi connectivity index (χ4n) is 2.81. The molecule has 0 unspecified atom stereocenters. The lowest BCUT2D eigenvalue weighted by Crippen LogP contribution is -2.35. The molecule has 2 amide bonds. The molecule has 150 valence electrons. The highest BCUT2D eigenvalue weighted by atomic mass is 19.4. The Kier molecular flexibility index (Phi) is 6.89. The molecule has 10 heteroatoms. The number of alkyl halides is 3. The first kappa shape index (κ1) is 20.8. The summed E-state index contributed by atoms with van der Waals surface area (Å²) in [6.45, 7) is -0.251. The number of nitrogens with one attached hydrogen (secondary N) is 1. The number of ether oxygens (including phenoxy) is 2. The van der Waals surface area contributed by atoms with Crippen molar-refractivity contribution in [3.8, 4) is 5.75 Å². The van der Waals surface area contributed by atoms with Crippen molar-refractivity contribution in [1.29, 1.82) is 0 Å². The fraction of sp³-hybridized carbons (Fsp3) is 0.529. The van der Waals surface area contributed by atoms with Crippen molar-refractivity contribution >= 4 is 17.7 Å². The Bertz CT molecular complexity index is 668. The Morgan fingerprint density at radius 2 is 2.04 bits per heavy atom. The number of carbonyl (C=O) groups excluding carboxylic acids is 1. The van der Waals surface area contributed by atoms with Crippen LogP contribution < -0.4 is 10.1 Å². The molecule has 1 saturated heterocycles. The van der Waals surface area contributed by atoms with Crippen LogP contribution in [-0.2, 0) is 9.53 Å². The Morgan fingerprint density at radius 3 is 2.63 bits per heavy atom. The second-order valence-electron chi connectivity index (χ2n) is 6.15. The van der Waals surface area contributed by atoms with E-state index >= 15 is 0 Å². The van der Waals surface area contributed by atoms with E-state index in [1.807, 2.05) is 0 Å². The largest absolute Gasteiger partial charge is 0.493 e. The predicted octanol–water partition coefficient (Wildman–Crippen LogP) is 2.83. The average molecular weight is 390 g/mol. The van der Waals surface area contributed by atoms with Crippen LogP contribution in [0.4, 0.5) is 23.7 Å². The second kappa shape index (κ2) is 8.94. The van der Waals surface area contributed by atoms with E-state index in [1.54, 1.807) is 25.3 Å². The van der Waals surface area contributed by atoms with Gasteiger partial charge >= 0.3 is 18.2 Å². The molecule has 1 aromatic carbocycles. The molecule has 1 heterocycles. The third-order valence-corrected chi connectivity index (χ3v) is 4.19. The molecule has 1 aliphatic rings.